The topological polar surface area (TPSA) is 79.3 Å². The standard InChI is InChI=1S/C26H29N5O2/c1-30-22-10-11-23(30)15-20(14-22)29-26(33)19-8-5-9-24(13-19)31-17-21(16-27-31)28-25(32)12-18-6-3-2-4-7-18/h2-9,13,16-17,20,22-23H,10-12,14-15H2,1H3,(H,28,32)(H,29,33)/t20?,22-,23+. The minimum atomic E-state index is -0.0963. The van der Waals surface area contributed by atoms with Gasteiger partial charge in [0.05, 0.1) is 30.2 Å². The van der Waals surface area contributed by atoms with Crippen LogP contribution in [0.2, 0.25) is 0 Å². The Kier molecular flexibility index (Phi) is 5.96. The molecule has 3 aromatic rings. The third-order valence-corrected chi connectivity index (χ3v) is 6.88. The number of carbonyl (C=O) groups excluding carboxylic acids is 2. The van der Waals surface area contributed by atoms with E-state index in [1.807, 2.05) is 54.6 Å². The van der Waals surface area contributed by atoms with E-state index >= 15 is 0 Å². The summed E-state index contributed by atoms with van der Waals surface area (Å²) in [4.78, 5) is 27.7. The first-order valence-electron chi connectivity index (χ1n) is 11.6. The van der Waals surface area contributed by atoms with Gasteiger partial charge in [0.1, 0.15) is 0 Å². The second-order valence-corrected chi connectivity index (χ2v) is 9.13. The fourth-order valence-corrected chi connectivity index (χ4v) is 5.10. The van der Waals surface area contributed by atoms with Crippen molar-refractivity contribution >= 4 is 17.5 Å². The van der Waals surface area contributed by atoms with Gasteiger partial charge in [-0.2, -0.15) is 5.10 Å². The minimum Gasteiger partial charge on any atom is -0.349 e. The van der Waals surface area contributed by atoms with Crippen LogP contribution in [0.25, 0.3) is 5.69 Å². The molecule has 2 saturated heterocycles. The van der Waals surface area contributed by atoms with E-state index in [2.05, 4.69) is 27.7 Å². The van der Waals surface area contributed by atoms with E-state index in [1.54, 1.807) is 17.1 Å². The Hall–Kier alpha value is -3.45. The number of fused-ring (bicyclic) bond motifs is 2. The number of benzene rings is 2. The molecule has 2 aromatic carbocycles. The molecule has 0 spiro atoms. The van der Waals surface area contributed by atoms with Crippen LogP contribution in [0.4, 0.5) is 5.69 Å². The molecule has 2 aliphatic rings. The van der Waals surface area contributed by atoms with Crippen molar-refractivity contribution in [1.82, 2.24) is 20.0 Å². The molecule has 1 unspecified atom stereocenters. The van der Waals surface area contributed by atoms with Gasteiger partial charge in [0, 0.05) is 23.7 Å². The van der Waals surface area contributed by atoms with E-state index in [1.165, 1.54) is 12.8 Å². The summed E-state index contributed by atoms with van der Waals surface area (Å²) in [5.41, 5.74) is 2.96. The first-order valence-corrected chi connectivity index (χ1v) is 11.6. The first-order chi connectivity index (χ1) is 16.0. The van der Waals surface area contributed by atoms with Crippen LogP contribution in [-0.4, -0.2) is 51.7 Å². The fourth-order valence-electron chi connectivity index (χ4n) is 5.10. The lowest BCUT2D eigenvalue weighted by Gasteiger charge is -2.36. The molecule has 3 heterocycles. The predicted molar refractivity (Wildman–Crippen MR) is 127 cm³/mol. The molecule has 2 fully saturated rings. The number of amides is 2. The quantitative estimate of drug-likeness (QED) is 0.612. The summed E-state index contributed by atoms with van der Waals surface area (Å²) >= 11 is 0. The molecule has 5 rings (SSSR count). The Balaban J connectivity index is 1.22. The lowest BCUT2D eigenvalue weighted by atomic mass is 9.97. The average molecular weight is 444 g/mol. The number of aromatic nitrogens is 2. The van der Waals surface area contributed by atoms with Crippen molar-refractivity contribution in [1.29, 1.82) is 0 Å². The second-order valence-electron chi connectivity index (χ2n) is 9.13. The van der Waals surface area contributed by atoms with E-state index < -0.39 is 0 Å². The van der Waals surface area contributed by atoms with E-state index in [0.717, 1.165) is 24.1 Å². The van der Waals surface area contributed by atoms with E-state index in [-0.39, 0.29) is 17.9 Å². The molecule has 0 radical (unpaired) electrons. The van der Waals surface area contributed by atoms with Crippen LogP contribution in [0, 0.1) is 0 Å². The predicted octanol–water partition coefficient (Wildman–Crippen LogP) is 3.41. The van der Waals surface area contributed by atoms with Crippen LogP contribution in [0.3, 0.4) is 0 Å². The Bertz CT molecular complexity index is 1130. The van der Waals surface area contributed by atoms with Crippen LogP contribution in [0.5, 0.6) is 0 Å². The second kappa shape index (κ2) is 9.19. The summed E-state index contributed by atoms with van der Waals surface area (Å²) in [5, 5.41) is 10.5. The highest BCUT2D eigenvalue weighted by Crippen LogP contribution is 2.34. The molecule has 2 amide bonds. The van der Waals surface area contributed by atoms with Crippen molar-refractivity contribution in [3.05, 3.63) is 78.1 Å². The smallest absolute Gasteiger partial charge is 0.251 e. The largest absolute Gasteiger partial charge is 0.349 e. The number of carbonyl (C=O) groups is 2. The van der Waals surface area contributed by atoms with Gasteiger partial charge >= 0.3 is 0 Å². The molecular formula is C26H29N5O2. The van der Waals surface area contributed by atoms with Crippen LogP contribution in [0.1, 0.15) is 41.6 Å². The van der Waals surface area contributed by atoms with Gasteiger partial charge in [0.2, 0.25) is 5.91 Å². The fraction of sp³-hybridized carbons (Fsp3) is 0.346. The molecule has 2 N–H and O–H groups in total. The summed E-state index contributed by atoms with van der Waals surface area (Å²) in [6, 6.07) is 18.4. The van der Waals surface area contributed by atoms with Crippen LogP contribution in [0.15, 0.2) is 67.0 Å². The van der Waals surface area contributed by atoms with Crippen LogP contribution in [-0.2, 0) is 11.2 Å². The zero-order valence-corrected chi connectivity index (χ0v) is 18.8. The molecule has 0 aliphatic carbocycles. The highest BCUT2D eigenvalue weighted by molar-refractivity contribution is 5.95. The number of nitrogens with zero attached hydrogens (tertiary/aromatic N) is 3. The molecule has 7 nitrogen and oxygen atoms in total. The average Bonchev–Trinajstić information content (AvgIpc) is 3.34. The summed E-state index contributed by atoms with van der Waals surface area (Å²) in [6.45, 7) is 0. The highest BCUT2D eigenvalue weighted by atomic mass is 16.2. The summed E-state index contributed by atoms with van der Waals surface area (Å²) in [7, 11) is 2.20. The number of rotatable bonds is 6. The molecule has 3 atom stereocenters. The zero-order chi connectivity index (χ0) is 22.8. The van der Waals surface area contributed by atoms with Gasteiger partial charge in [-0.25, -0.2) is 4.68 Å². The molecule has 0 saturated carbocycles. The number of nitrogens with one attached hydrogen (secondary N) is 2. The van der Waals surface area contributed by atoms with E-state index in [4.69, 9.17) is 0 Å². The number of piperidine rings is 1. The Morgan fingerprint density at radius 3 is 2.55 bits per heavy atom. The van der Waals surface area contributed by atoms with Gasteiger partial charge in [0.15, 0.2) is 0 Å². The van der Waals surface area contributed by atoms with E-state index in [0.29, 0.717) is 29.8 Å². The van der Waals surface area contributed by atoms with Gasteiger partial charge in [-0.1, -0.05) is 36.4 Å². The molecule has 170 valence electrons. The third-order valence-electron chi connectivity index (χ3n) is 6.88. The molecule has 2 bridgehead atoms. The summed E-state index contributed by atoms with van der Waals surface area (Å²) < 4.78 is 1.67. The van der Waals surface area contributed by atoms with Crippen LogP contribution >= 0.6 is 0 Å². The Labute approximate surface area is 193 Å². The maximum absolute atomic E-state index is 12.9. The van der Waals surface area contributed by atoms with Gasteiger partial charge in [-0.15, -0.1) is 0 Å². The van der Waals surface area contributed by atoms with Crippen molar-refractivity contribution in [3.63, 3.8) is 0 Å². The number of hydrogen-bond donors (Lipinski definition) is 2. The Morgan fingerprint density at radius 2 is 1.79 bits per heavy atom. The molecule has 2 aliphatic heterocycles. The summed E-state index contributed by atoms with van der Waals surface area (Å²) in [5.74, 6) is -0.143. The SMILES string of the molecule is CN1[C@@H]2CC[C@H]1CC(NC(=O)c1cccc(-n3cc(NC(=O)Cc4ccccc4)cn3)c1)C2. The van der Waals surface area contributed by atoms with Crippen molar-refractivity contribution < 1.29 is 9.59 Å². The normalized spacial score (nSPS) is 22.2. The van der Waals surface area contributed by atoms with E-state index in [9.17, 15) is 9.59 Å². The molecule has 7 heteroatoms. The monoisotopic (exact) mass is 443 g/mol. The van der Waals surface area contributed by atoms with Crippen molar-refractivity contribution in [2.45, 2.75) is 50.2 Å². The minimum absolute atomic E-state index is 0.0469. The molecule has 33 heavy (non-hydrogen) atoms. The van der Waals surface area contributed by atoms with Gasteiger partial charge in [0.25, 0.3) is 5.91 Å². The maximum atomic E-state index is 12.9. The van der Waals surface area contributed by atoms with Gasteiger partial charge in [-0.3, -0.25) is 9.59 Å². The van der Waals surface area contributed by atoms with Crippen LogP contribution < -0.4 is 10.6 Å². The van der Waals surface area contributed by atoms with Crippen molar-refractivity contribution in [2.24, 2.45) is 0 Å². The third kappa shape index (κ3) is 4.83. The van der Waals surface area contributed by atoms with Crippen molar-refractivity contribution in [2.75, 3.05) is 12.4 Å². The highest BCUT2D eigenvalue weighted by Gasteiger charge is 2.38. The molecule has 1 aromatic heterocycles. The number of hydrogen-bond acceptors (Lipinski definition) is 4. The first kappa shape index (κ1) is 21.4. The van der Waals surface area contributed by atoms with Crippen molar-refractivity contribution in [3.8, 4) is 5.69 Å². The lowest BCUT2D eigenvalue weighted by Crippen LogP contribution is -2.48. The summed E-state index contributed by atoms with van der Waals surface area (Å²) in [6.07, 6.45) is 8.17. The lowest BCUT2D eigenvalue weighted by molar-refractivity contribution is -0.115. The maximum Gasteiger partial charge on any atom is 0.251 e. The van der Waals surface area contributed by atoms with Gasteiger partial charge < -0.3 is 15.5 Å². The van der Waals surface area contributed by atoms with Gasteiger partial charge in [-0.05, 0) is 56.5 Å². The Morgan fingerprint density at radius 1 is 1.03 bits per heavy atom. The number of anilines is 1. The molecular weight excluding hydrogens is 414 g/mol. The zero-order valence-electron chi connectivity index (χ0n) is 18.8.